The van der Waals surface area contributed by atoms with Gasteiger partial charge >= 0.3 is 0 Å². The highest BCUT2D eigenvalue weighted by Crippen LogP contribution is 2.42. The van der Waals surface area contributed by atoms with Gasteiger partial charge in [-0.2, -0.15) is 0 Å². The van der Waals surface area contributed by atoms with E-state index in [4.69, 9.17) is 9.47 Å². The number of amides is 1. The number of aliphatic hydroxyl groups is 1. The van der Waals surface area contributed by atoms with Crippen molar-refractivity contribution in [2.75, 3.05) is 6.54 Å². The molecule has 4 atom stereocenters. The van der Waals surface area contributed by atoms with Gasteiger partial charge in [-0.25, -0.2) is 0 Å². The van der Waals surface area contributed by atoms with Gasteiger partial charge in [0.2, 0.25) is 0 Å². The van der Waals surface area contributed by atoms with Crippen LogP contribution in [-0.2, 0) is 35.7 Å². The van der Waals surface area contributed by atoms with E-state index >= 15 is 0 Å². The molecular weight excluding hydrogens is 659 g/mol. The van der Waals surface area contributed by atoms with Crippen molar-refractivity contribution in [2.24, 2.45) is 5.92 Å². The number of nitrogens with one attached hydrogen (secondary N) is 1. The summed E-state index contributed by atoms with van der Waals surface area (Å²) >= 11 is 0. The molecule has 0 unspecified atom stereocenters. The van der Waals surface area contributed by atoms with E-state index in [9.17, 15) is 9.90 Å². The maximum Gasteiger partial charge on any atom is 0.253 e. The molecule has 2 N–H and O–H groups in total. The summed E-state index contributed by atoms with van der Waals surface area (Å²) in [7, 11) is 0. The zero-order chi connectivity index (χ0) is 36.4. The van der Waals surface area contributed by atoms with E-state index in [1.54, 1.807) is 24.5 Å². The van der Waals surface area contributed by atoms with Crippen molar-refractivity contribution >= 4 is 5.91 Å². The van der Waals surface area contributed by atoms with Gasteiger partial charge in [0.05, 0.1) is 24.4 Å². The third kappa shape index (κ3) is 9.33. The second-order valence-electron chi connectivity index (χ2n) is 13.7. The molecule has 7 heteroatoms. The summed E-state index contributed by atoms with van der Waals surface area (Å²) < 4.78 is 13.8. The van der Waals surface area contributed by atoms with Crippen LogP contribution in [0.4, 0.5) is 0 Å². The molecule has 0 bridgehead atoms. The fourth-order valence-electron chi connectivity index (χ4n) is 6.96. The van der Waals surface area contributed by atoms with Crippen LogP contribution in [0.15, 0.2) is 158 Å². The van der Waals surface area contributed by atoms with Crippen LogP contribution in [-0.4, -0.2) is 33.5 Å². The lowest BCUT2D eigenvalue weighted by atomic mass is 9.89. The number of benzene rings is 5. The summed E-state index contributed by atoms with van der Waals surface area (Å²) in [6.45, 7) is 4.89. The molecule has 53 heavy (non-hydrogen) atoms. The van der Waals surface area contributed by atoms with Crippen molar-refractivity contribution in [1.29, 1.82) is 0 Å². The lowest BCUT2D eigenvalue weighted by molar-refractivity contribution is -0.276. The van der Waals surface area contributed by atoms with Crippen LogP contribution in [0, 0.1) is 5.92 Å². The molecule has 0 aliphatic carbocycles. The maximum absolute atomic E-state index is 12.7. The first kappa shape index (κ1) is 35.9. The zero-order valence-electron chi connectivity index (χ0n) is 29.9. The van der Waals surface area contributed by atoms with E-state index in [1.165, 1.54) is 11.1 Å². The smallest absolute Gasteiger partial charge is 0.253 e. The molecule has 0 spiro atoms. The van der Waals surface area contributed by atoms with E-state index in [0.29, 0.717) is 18.7 Å². The van der Waals surface area contributed by atoms with Gasteiger partial charge in [-0.05, 0) is 63.2 Å². The van der Waals surface area contributed by atoms with Gasteiger partial charge in [0.1, 0.15) is 0 Å². The molecule has 1 aliphatic rings. The van der Waals surface area contributed by atoms with Crippen LogP contribution in [0.2, 0.25) is 0 Å². The standard InChI is InChI=1S/C46H45N3O4/c1-33-43(31-49(29-34-11-4-2-5-12-34)30-35-13-6-3-7-14-35)52-46(53-44(33)38-22-20-36(32-50)21-23-38)41-18-9-17-40(26-41)39-16-8-15-37(25-39)27-48-45(51)42-19-10-24-47-28-42/h2-26,28,33,43-44,46,50H,27,29-32H2,1H3,(H,48,51)/t33-,43+,44+,46+/m1/s1. The number of carbonyl (C=O) groups is 1. The molecule has 5 aromatic carbocycles. The molecule has 2 heterocycles. The maximum atomic E-state index is 12.7. The van der Waals surface area contributed by atoms with Gasteiger partial charge in [-0.15, -0.1) is 0 Å². The summed E-state index contributed by atoms with van der Waals surface area (Å²) in [6, 6.07) is 49.3. The molecule has 1 saturated heterocycles. The highest BCUT2D eigenvalue weighted by molar-refractivity contribution is 5.93. The highest BCUT2D eigenvalue weighted by atomic mass is 16.7. The van der Waals surface area contributed by atoms with Gasteiger partial charge in [-0.3, -0.25) is 14.7 Å². The number of carbonyl (C=O) groups excluding carboxylic acids is 1. The second kappa shape index (κ2) is 17.4. The average molecular weight is 704 g/mol. The van der Waals surface area contributed by atoms with Gasteiger partial charge in [0, 0.05) is 50.1 Å². The lowest BCUT2D eigenvalue weighted by Gasteiger charge is -2.43. The van der Waals surface area contributed by atoms with Crippen LogP contribution >= 0.6 is 0 Å². The number of aliphatic hydroxyl groups excluding tert-OH is 1. The van der Waals surface area contributed by atoms with Crippen molar-refractivity contribution in [1.82, 2.24) is 15.2 Å². The minimum absolute atomic E-state index is 0.00544. The van der Waals surface area contributed by atoms with Crippen LogP contribution in [0.3, 0.4) is 0 Å². The van der Waals surface area contributed by atoms with Gasteiger partial charge in [0.15, 0.2) is 6.29 Å². The van der Waals surface area contributed by atoms with Crippen molar-refractivity contribution in [3.05, 3.63) is 197 Å². The lowest BCUT2D eigenvalue weighted by Crippen LogP contribution is -2.44. The molecule has 1 aromatic heterocycles. The Balaban J connectivity index is 1.15. The Morgan fingerprint density at radius 3 is 2.02 bits per heavy atom. The molecule has 0 saturated carbocycles. The fraction of sp³-hybridized carbons (Fsp3) is 0.217. The highest BCUT2D eigenvalue weighted by Gasteiger charge is 2.39. The van der Waals surface area contributed by atoms with Crippen molar-refractivity contribution in [3.8, 4) is 11.1 Å². The van der Waals surface area contributed by atoms with Crippen LogP contribution in [0.25, 0.3) is 11.1 Å². The third-order valence-electron chi connectivity index (χ3n) is 9.86. The van der Waals surface area contributed by atoms with Crippen molar-refractivity contribution in [3.63, 3.8) is 0 Å². The predicted molar refractivity (Wildman–Crippen MR) is 207 cm³/mol. The number of hydrogen-bond acceptors (Lipinski definition) is 6. The molecule has 7 rings (SSSR count). The minimum atomic E-state index is -0.601. The molecule has 7 nitrogen and oxygen atoms in total. The molecule has 1 aliphatic heterocycles. The largest absolute Gasteiger partial charge is 0.392 e. The molecular formula is C46H45N3O4. The van der Waals surface area contributed by atoms with Gasteiger partial charge in [0.25, 0.3) is 5.91 Å². The van der Waals surface area contributed by atoms with Crippen molar-refractivity contribution in [2.45, 2.75) is 51.7 Å². The third-order valence-corrected chi connectivity index (χ3v) is 9.86. The summed E-state index contributed by atoms with van der Waals surface area (Å²) in [5, 5.41) is 12.7. The Hall–Kier alpha value is -5.44. The Kier molecular flexibility index (Phi) is 11.8. The van der Waals surface area contributed by atoms with Crippen LogP contribution < -0.4 is 5.32 Å². The van der Waals surface area contributed by atoms with E-state index in [2.05, 4.69) is 125 Å². The quantitative estimate of drug-likeness (QED) is 0.125. The Bertz CT molecular complexity index is 2020. The second-order valence-corrected chi connectivity index (χ2v) is 13.7. The number of aromatic nitrogens is 1. The minimum Gasteiger partial charge on any atom is -0.392 e. The Labute approximate surface area is 311 Å². The number of hydrogen-bond donors (Lipinski definition) is 2. The number of pyridine rings is 1. The summed E-state index contributed by atoms with van der Waals surface area (Å²) in [5.41, 5.74) is 8.95. The summed E-state index contributed by atoms with van der Waals surface area (Å²) in [5.74, 6) is -0.116. The normalized spacial score (nSPS) is 18.5. The SMILES string of the molecule is C[C@@H]1[C@H](CN(Cc2ccccc2)Cc2ccccc2)O[C@H](c2cccc(-c3cccc(CNC(=O)c4cccnc4)c3)c2)O[C@@H]1c1ccc(CO)cc1. The summed E-state index contributed by atoms with van der Waals surface area (Å²) in [4.78, 5) is 19.2. The van der Waals surface area contributed by atoms with Gasteiger partial charge in [-0.1, -0.05) is 128 Å². The number of rotatable bonds is 13. The van der Waals surface area contributed by atoms with Crippen LogP contribution in [0.5, 0.6) is 0 Å². The average Bonchev–Trinajstić information content (AvgIpc) is 3.22. The van der Waals surface area contributed by atoms with E-state index in [1.807, 2.05) is 30.3 Å². The van der Waals surface area contributed by atoms with Crippen molar-refractivity contribution < 1.29 is 19.4 Å². The van der Waals surface area contributed by atoms with E-state index in [-0.39, 0.29) is 30.6 Å². The van der Waals surface area contributed by atoms with E-state index < -0.39 is 6.29 Å². The Morgan fingerprint density at radius 1 is 0.698 bits per heavy atom. The predicted octanol–water partition coefficient (Wildman–Crippen LogP) is 8.66. The monoisotopic (exact) mass is 703 g/mol. The molecule has 1 fully saturated rings. The van der Waals surface area contributed by atoms with Crippen LogP contribution in [0.1, 0.15) is 63.1 Å². The molecule has 6 aromatic rings. The topological polar surface area (TPSA) is 83.9 Å². The zero-order valence-corrected chi connectivity index (χ0v) is 29.9. The fourth-order valence-corrected chi connectivity index (χ4v) is 6.96. The first-order valence-electron chi connectivity index (χ1n) is 18.2. The number of ether oxygens (including phenoxy) is 2. The Morgan fingerprint density at radius 2 is 1.36 bits per heavy atom. The first-order chi connectivity index (χ1) is 26.0. The molecule has 1 amide bonds. The van der Waals surface area contributed by atoms with E-state index in [0.717, 1.165) is 46.5 Å². The van der Waals surface area contributed by atoms with Gasteiger partial charge < -0.3 is 19.9 Å². The first-order valence-corrected chi connectivity index (χ1v) is 18.2. The molecule has 268 valence electrons. The molecule has 0 radical (unpaired) electrons. The summed E-state index contributed by atoms with van der Waals surface area (Å²) in [6.07, 6.45) is 2.25. The number of nitrogens with zero attached hydrogens (tertiary/aromatic N) is 2.